The molecule has 3 aromatic rings. The van der Waals surface area contributed by atoms with E-state index in [9.17, 15) is 9.59 Å². The molecule has 0 spiro atoms. The van der Waals surface area contributed by atoms with Crippen LogP contribution in [-0.4, -0.2) is 22.1 Å². The van der Waals surface area contributed by atoms with E-state index >= 15 is 0 Å². The summed E-state index contributed by atoms with van der Waals surface area (Å²) in [6.45, 7) is 1.69. The number of nitrogens with zero attached hydrogens (tertiary/aromatic N) is 1. The maximum absolute atomic E-state index is 13.0. The average molecular weight is 382 g/mol. The number of urea groups is 1. The minimum atomic E-state index is -0.648. The van der Waals surface area contributed by atoms with E-state index in [4.69, 9.17) is 11.6 Å². The molecule has 4 N–H and O–H groups in total. The lowest BCUT2D eigenvalue weighted by atomic mass is 9.94. The van der Waals surface area contributed by atoms with Crippen LogP contribution in [0.5, 0.6) is 0 Å². The molecule has 0 radical (unpaired) electrons. The van der Waals surface area contributed by atoms with Crippen LogP contribution in [0, 0.1) is 0 Å². The number of carbonyl (C=O) groups is 2. The topological polar surface area (TPSA) is 98.9 Å². The first kappa shape index (κ1) is 17.1. The largest absolute Gasteiger partial charge is 0.327 e. The summed E-state index contributed by atoms with van der Waals surface area (Å²) in [5.41, 5.74) is 3.04. The lowest BCUT2D eigenvalue weighted by molar-refractivity contribution is -0.113. The van der Waals surface area contributed by atoms with Gasteiger partial charge in [-0.05, 0) is 36.8 Å². The predicted octanol–water partition coefficient (Wildman–Crippen LogP) is 3.48. The Labute approximate surface area is 159 Å². The molecule has 8 heteroatoms. The van der Waals surface area contributed by atoms with Crippen molar-refractivity contribution in [3.05, 3.63) is 70.5 Å². The highest BCUT2D eigenvalue weighted by atomic mass is 35.5. The molecule has 1 aliphatic heterocycles. The fraction of sp³-hybridized carbons (Fsp3) is 0.105. The number of aromatic nitrogens is 2. The van der Waals surface area contributed by atoms with E-state index in [0.717, 1.165) is 10.9 Å². The van der Waals surface area contributed by atoms with Crippen molar-refractivity contribution in [3.63, 3.8) is 0 Å². The fourth-order valence-electron chi connectivity index (χ4n) is 3.16. The van der Waals surface area contributed by atoms with Gasteiger partial charge in [0.15, 0.2) is 0 Å². The summed E-state index contributed by atoms with van der Waals surface area (Å²) >= 11 is 6.30. The van der Waals surface area contributed by atoms with Gasteiger partial charge in [-0.2, -0.15) is 5.10 Å². The Kier molecular flexibility index (Phi) is 4.29. The highest BCUT2D eigenvalue weighted by Crippen LogP contribution is 2.32. The molecule has 0 fully saturated rings. The first-order valence-electron chi connectivity index (χ1n) is 8.30. The van der Waals surface area contributed by atoms with Crippen LogP contribution in [0.25, 0.3) is 10.9 Å². The van der Waals surface area contributed by atoms with Crippen LogP contribution < -0.4 is 16.0 Å². The second kappa shape index (κ2) is 6.77. The van der Waals surface area contributed by atoms with Crippen molar-refractivity contribution < 1.29 is 9.59 Å². The lowest BCUT2D eigenvalue weighted by Crippen LogP contribution is -2.46. The third-order valence-corrected chi connectivity index (χ3v) is 4.77. The Hall–Kier alpha value is -3.32. The molecule has 136 valence electrons. The van der Waals surface area contributed by atoms with Gasteiger partial charge in [0.05, 0.1) is 23.3 Å². The molecule has 1 aliphatic rings. The van der Waals surface area contributed by atoms with Crippen LogP contribution in [0.15, 0.2) is 59.9 Å². The van der Waals surface area contributed by atoms with E-state index < -0.39 is 6.04 Å². The summed E-state index contributed by atoms with van der Waals surface area (Å²) < 4.78 is 0. The number of hydrogen-bond acceptors (Lipinski definition) is 3. The monoisotopic (exact) mass is 381 g/mol. The number of fused-ring (bicyclic) bond motifs is 1. The van der Waals surface area contributed by atoms with E-state index in [-0.39, 0.29) is 11.9 Å². The lowest BCUT2D eigenvalue weighted by Gasteiger charge is -2.29. The van der Waals surface area contributed by atoms with Crippen molar-refractivity contribution in [1.29, 1.82) is 0 Å². The van der Waals surface area contributed by atoms with E-state index in [1.165, 1.54) is 0 Å². The molecular weight excluding hydrogens is 366 g/mol. The third kappa shape index (κ3) is 3.24. The number of H-pyrrole nitrogens is 1. The standard InChI is InChI=1S/C19H16ClN5O2/c1-10-16(17(24-19(27)22-10)13-4-2-3-5-14(13)20)18(26)23-12-6-7-15-11(8-12)9-21-25-15/h2-9,17H,1H3,(H,21,25)(H,23,26)(H2,22,24,27). The Balaban J connectivity index is 1.69. The Morgan fingerprint density at radius 3 is 2.85 bits per heavy atom. The maximum atomic E-state index is 13.0. The number of carbonyl (C=O) groups excluding carboxylic acids is 2. The summed E-state index contributed by atoms with van der Waals surface area (Å²) in [4.78, 5) is 25.0. The molecule has 2 aromatic carbocycles. The number of amides is 3. The number of allylic oxidation sites excluding steroid dienone is 1. The highest BCUT2D eigenvalue weighted by Gasteiger charge is 2.32. The number of benzene rings is 2. The number of anilines is 1. The molecule has 7 nitrogen and oxygen atoms in total. The summed E-state index contributed by atoms with van der Waals surface area (Å²) in [7, 11) is 0. The Morgan fingerprint density at radius 1 is 1.22 bits per heavy atom. The van der Waals surface area contributed by atoms with Crippen molar-refractivity contribution in [1.82, 2.24) is 20.8 Å². The molecule has 0 saturated heterocycles. The van der Waals surface area contributed by atoms with Gasteiger partial charge in [0.2, 0.25) is 0 Å². The van der Waals surface area contributed by atoms with Gasteiger partial charge in [0.1, 0.15) is 0 Å². The number of rotatable bonds is 3. The first-order valence-corrected chi connectivity index (χ1v) is 8.68. The molecule has 2 heterocycles. The Bertz CT molecular complexity index is 1090. The summed E-state index contributed by atoms with van der Waals surface area (Å²) in [5, 5.41) is 16.5. The van der Waals surface area contributed by atoms with Gasteiger partial charge in [-0.15, -0.1) is 0 Å². The van der Waals surface area contributed by atoms with Gasteiger partial charge in [0.25, 0.3) is 5.91 Å². The van der Waals surface area contributed by atoms with Crippen molar-refractivity contribution in [2.75, 3.05) is 5.32 Å². The van der Waals surface area contributed by atoms with Crippen molar-refractivity contribution in [2.45, 2.75) is 13.0 Å². The average Bonchev–Trinajstić information content (AvgIpc) is 3.09. The number of hydrogen-bond donors (Lipinski definition) is 4. The Morgan fingerprint density at radius 2 is 2.04 bits per heavy atom. The zero-order valence-electron chi connectivity index (χ0n) is 14.3. The minimum absolute atomic E-state index is 0.326. The SMILES string of the molecule is CC1=C(C(=O)Nc2ccc3[nH]ncc3c2)C(c2ccccc2Cl)NC(=O)N1. The zero-order chi connectivity index (χ0) is 19.0. The van der Waals surface area contributed by atoms with Gasteiger partial charge in [0, 0.05) is 21.8 Å². The molecule has 27 heavy (non-hydrogen) atoms. The molecule has 1 aromatic heterocycles. The van der Waals surface area contributed by atoms with Crippen LogP contribution in [0.4, 0.5) is 10.5 Å². The zero-order valence-corrected chi connectivity index (χ0v) is 15.1. The smallest absolute Gasteiger partial charge is 0.319 e. The summed E-state index contributed by atoms with van der Waals surface area (Å²) in [6.07, 6.45) is 1.68. The van der Waals surface area contributed by atoms with Crippen LogP contribution in [0.2, 0.25) is 5.02 Å². The molecule has 1 unspecified atom stereocenters. The first-order chi connectivity index (χ1) is 13.0. The number of halogens is 1. The second-order valence-electron chi connectivity index (χ2n) is 6.22. The highest BCUT2D eigenvalue weighted by molar-refractivity contribution is 6.31. The van der Waals surface area contributed by atoms with Crippen LogP contribution in [-0.2, 0) is 4.79 Å². The van der Waals surface area contributed by atoms with Crippen molar-refractivity contribution in [2.24, 2.45) is 0 Å². The van der Waals surface area contributed by atoms with Crippen molar-refractivity contribution in [3.8, 4) is 0 Å². The molecular formula is C19H16ClN5O2. The van der Waals surface area contributed by atoms with Gasteiger partial charge in [-0.1, -0.05) is 29.8 Å². The molecule has 1 atom stereocenters. The van der Waals surface area contributed by atoms with Gasteiger partial charge >= 0.3 is 6.03 Å². The molecule has 4 rings (SSSR count). The molecule has 0 saturated carbocycles. The van der Waals surface area contributed by atoms with E-state index in [2.05, 4.69) is 26.1 Å². The normalized spacial score (nSPS) is 16.8. The van der Waals surface area contributed by atoms with Crippen LogP contribution in [0.1, 0.15) is 18.5 Å². The maximum Gasteiger partial charge on any atom is 0.319 e. The molecule has 3 amide bonds. The molecule has 0 aliphatic carbocycles. The van der Waals surface area contributed by atoms with E-state index in [1.54, 1.807) is 37.4 Å². The fourth-order valence-corrected chi connectivity index (χ4v) is 3.40. The van der Waals surface area contributed by atoms with E-state index in [0.29, 0.717) is 27.5 Å². The van der Waals surface area contributed by atoms with Gasteiger partial charge in [-0.3, -0.25) is 9.89 Å². The number of nitrogens with one attached hydrogen (secondary N) is 4. The van der Waals surface area contributed by atoms with E-state index in [1.807, 2.05) is 18.2 Å². The second-order valence-corrected chi connectivity index (χ2v) is 6.63. The predicted molar refractivity (Wildman–Crippen MR) is 103 cm³/mol. The van der Waals surface area contributed by atoms with Crippen molar-refractivity contribution >= 4 is 40.1 Å². The number of aromatic amines is 1. The molecule has 0 bridgehead atoms. The summed E-state index contributed by atoms with van der Waals surface area (Å²) in [5.74, 6) is -0.326. The third-order valence-electron chi connectivity index (χ3n) is 4.43. The minimum Gasteiger partial charge on any atom is -0.327 e. The van der Waals surface area contributed by atoms with Crippen LogP contribution >= 0.6 is 11.6 Å². The van der Waals surface area contributed by atoms with Gasteiger partial charge < -0.3 is 16.0 Å². The van der Waals surface area contributed by atoms with Gasteiger partial charge in [-0.25, -0.2) is 4.79 Å². The van der Waals surface area contributed by atoms with Crippen LogP contribution in [0.3, 0.4) is 0 Å². The quantitative estimate of drug-likeness (QED) is 0.559. The summed E-state index contributed by atoms with van der Waals surface area (Å²) in [6, 6.07) is 11.5.